The van der Waals surface area contributed by atoms with E-state index >= 15 is 0 Å². The average molecular weight is 772 g/mol. The molecule has 3 aliphatic rings. The Morgan fingerprint density at radius 3 is 2.09 bits per heavy atom. The highest BCUT2D eigenvalue weighted by molar-refractivity contribution is 6.35. The molecule has 0 radical (unpaired) electrons. The molecule has 2 aromatic carbocycles. The fourth-order valence-electron chi connectivity index (χ4n) is 6.32. The lowest BCUT2D eigenvalue weighted by atomic mass is 9.93. The molecule has 1 aromatic heterocycles. The van der Waals surface area contributed by atoms with Gasteiger partial charge in [0.05, 0.1) is 5.54 Å². The van der Waals surface area contributed by atoms with Gasteiger partial charge in [-0.3, -0.25) is 14.4 Å². The number of nitrogens with zero attached hydrogens (tertiary/aromatic N) is 4. The molecule has 3 aromatic rings. The maximum Gasteiger partial charge on any atom is 0.422 e. The second kappa shape index (κ2) is 16.0. The van der Waals surface area contributed by atoms with E-state index in [9.17, 15) is 27.6 Å². The third kappa shape index (κ3) is 10.9. The summed E-state index contributed by atoms with van der Waals surface area (Å²) in [5.41, 5.74) is 0.712. The van der Waals surface area contributed by atoms with Gasteiger partial charge in [-0.2, -0.15) is 28.1 Å². The zero-order chi connectivity index (χ0) is 38.6. The smallest absolute Gasteiger partial charge is 0.422 e. The molecule has 2 aliphatic carbocycles. The van der Waals surface area contributed by atoms with Crippen molar-refractivity contribution < 1.29 is 32.3 Å². The van der Waals surface area contributed by atoms with E-state index in [0.717, 1.165) is 50.9 Å². The van der Waals surface area contributed by atoms with Crippen LogP contribution in [0.1, 0.15) is 68.3 Å². The Balaban J connectivity index is 0.995. The van der Waals surface area contributed by atoms with Crippen LogP contribution >= 0.6 is 11.6 Å². The fourth-order valence-corrected chi connectivity index (χ4v) is 6.45. The molecule has 2 heterocycles. The number of benzene rings is 2. The minimum atomic E-state index is -4.60. The van der Waals surface area contributed by atoms with Crippen LogP contribution in [0, 0.1) is 10.8 Å². The van der Waals surface area contributed by atoms with E-state index in [1.807, 2.05) is 26.0 Å². The minimum Gasteiger partial charge on any atom is -0.454 e. The third-order valence-electron chi connectivity index (χ3n) is 9.88. The molecule has 6 rings (SSSR count). The molecule has 54 heavy (non-hydrogen) atoms. The number of hydrogen-bond acceptors (Lipinski definition) is 10. The number of amides is 3. The number of aromatic nitrogens is 3. The van der Waals surface area contributed by atoms with Gasteiger partial charge in [-0.15, -0.1) is 0 Å². The van der Waals surface area contributed by atoms with Crippen molar-refractivity contribution in [2.24, 2.45) is 10.8 Å². The van der Waals surface area contributed by atoms with Gasteiger partial charge in [-0.1, -0.05) is 37.6 Å². The summed E-state index contributed by atoms with van der Waals surface area (Å²) in [5.74, 6) is -1.77. The topological polar surface area (TPSA) is 162 Å². The predicted octanol–water partition coefficient (Wildman–Crippen LogP) is 5.18. The van der Waals surface area contributed by atoms with Crippen molar-refractivity contribution in [3.05, 3.63) is 64.7 Å². The molecule has 17 heteroatoms. The highest BCUT2D eigenvalue weighted by Gasteiger charge is 2.46. The number of alkyl halides is 3. The van der Waals surface area contributed by atoms with Crippen LogP contribution in [0.3, 0.4) is 0 Å². The van der Waals surface area contributed by atoms with Crippen LogP contribution in [0.25, 0.3) is 0 Å². The lowest BCUT2D eigenvalue weighted by Crippen LogP contribution is -2.47. The monoisotopic (exact) mass is 771 g/mol. The average Bonchev–Trinajstić information content (AvgIpc) is 4.03. The number of carbonyl (C=O) groups excluding carboxylic acids is 3. The molecule has 0 bridgehead atoms. The first kappa shape index (κ1) is 39.0. The van der Waals surface area contributed by atoms with E-state index in [-0.39, 0.29) is 36.3 Å². The summed E-state index contributed by atoms with van der Waals surface area (Å²) in [6, 6.07) is 13.0. The van der Waals surface area contributed by atoms with Gasteiger partial charge in [0.1, 0.15) is 0 Å². The van der Waals surface area contributed by atoms with Gasteiger partial charge >= 0.3 is 24.0 Å². The molecule has 1 aliphatic heterocycles. The van der Waals surface area contributed by atoms with Crippen LogP contribution in [0.2, 0.25) is 5.02 Å². The number of nitrogens with one attached hydrogen (secondary N) is 5. The van der Waals surface area contributed by atoms with Crippen molar-refractivity contribution >= 4 is 46.9 Å². The van der Waals surface area contributed by atoms with Crippen LogP contribution in [-0.4, -0.2) is 89.6 Å². The lowest BCUT2D eigenvalue weighted by Gasteiger charge is -2.25. The van der Waals surface area contributed by atoms with Gasteiger partial charge in [0.15, 0.2) is 6.61 Å². The molecule has 2 saturated carbocycles. The summed E-state index contributed by atoms with van der Waals surface area (Å²) >= 11 is 6.04. The fraction of sp³-hybridized carbons (Fsp3) is 0.514. The van der Waals surface area contributed by atoms with E-state index in [4.69, 9.17) is 16.3 Å². The molecular formula is C37H45ClF3N9O4. The van der Waals surface area contributed by atoms with Gasteiger partial charge in [-0.25, -0.2) is 0 Å². The molecule has 5 N–H and O–H groups in total. The third-order valence-corrected chi connectivity index (χ3v) is 10.1. The molecule has 3 fully saturated rings. The van der Waals surface area contributed by atoms with Crippen molar-refractivity contribution in [2.75, 3.05) is 56.5 Å². The summed E-state index contributed by atoms with van der Waals surface area (Å²) in [7, 11) is 0. The van der Waals surface area contributed by atoms with E-state index in [1.165, 1.54) is 12.8 Å². The Hall–Kier alpha value is -4.70. The van der Waals surface area contributed by atoms with Crippen LogP contribution in [0.15, 0.2) is 48.5 Å². The Kier molecular flexibility index (Phi) is 11.5. The number of rotatable bonds is 16. The Labute approximate surface area is 316 Å². The minimum absolute atomic E-state index is 0.0205. The van der Waals surface area contributed by atoms with Gasteiger partial charge in [0.25, 0.3) is 5.91 Å². The van der Waals surface area contributed by atoms with Gasteiger partial charge in [-0.05, 0) is 99.0 Å². The number of carbonyl (C=O) groups is 3. The van der Waals surface area contributed by atoms with Crippen molar-refractivity contribution in [3.8, 4) is 6.01 Å². The molecule has 0 unspecified atom stereocenters. The largest absolute Gasteiger partial charge is 0.454 e. The highest BCUT2D eigenvalue weighted by Crippen LogP contribution is 2.48. The summed E-state index contributed by atoms with van der Waals surface area (Å²) in [5, 5.41) is 15.1. The van der Waals surface area contributed by atoms with E-state index in [0.29, 0.717) is 22.8 Å². The van der Waals surface area contributed by atoms with E-state index in [2.05, 4.69) is 46.4 Å². The quantitative estimate of drug-likeness (QED) is 0.123. The molecule has 13 nitrogen and oxygen atoms in total. The first-order chi connectivity index (χ1) is 25.6. The Bertz CT molecular complexity index is 1810. The highest BCUT2D eigenvalue weighted by atomic mass is 35.5. The molecular weight excluding hydrogens is 727 g/mol. The summed E-state index contributed by atoms with van der Waals surface area (Å²) < 4.78 is 43.7. The normalized spacial score (nSPS) is 17.3. The van der Waals surface area contributed by atoms with Crippen LogP contribution in [0.4, 0.5) is 30.8 Å². The van der Waals surface area contributed by atoms with Gasteiger partial charge in [0.2, 0.25) is 11.9 Å². The van der Waals surface area contributed by atoms with Crippen molar-refractivity contribution in [2.45, 2.75) is 64.1 Å². The molecule has 290 valence electrons. The zero-order valence-electron chi connectivity index (χ0n) is 30.2. The molecule has 1 saturated heterocycles. The second-order valence-electron chi connectivity index (χ2n) is 15.3. The predicted molar refractivity (Wildman–Crippen MR) is 197 cm³/mol. The summed E-state index contributed by atoms with van der Waals surface area (Å²) in [6.45, 7) is 6.14. The van der Waals surface area contributed by atoms with Gasteiger partial charge in [0, 0.05) is 47.9 Å². The first-order valence-corrected chi connectivity index (χ1v) is 18.4. The number of likely N-dealkylation sites (tertiary alicyclic amines) is 1. The summed E-state index contributed by atoms with van der Waals surface area (Å²) in [4.78, 5) is 52.9. The zero-order valence-corrected chi connectivity index (χ0v) is 31.0. The second-order valence-corrected chi connectivity index (χ2v) is 15.7. The molecule has 0 atom stereocenters. The standard InChI is InChI=1S/C37H45ClF3N9O4/c1-34(2,20-43-29(52)30(53)44-21-35(13-14-35)22-50-17-3-4-18-50)19-42-28(51)24-5-11-27(12-6-24)45-31-46-32(48-33(47-31)54-23-37(39,40)41)49-36(15-16-36)25-7-9-26(38)10-8-25/h5-12H,3-4,13-23H2,1-2H3,(H,42,51)(H,43,52)(H,44,53)(H2,45,46,47,48,49). The number of hydrogen-bond donors (Lipinski definition) is 5. The van der Waals surface area contributed by atoms with Crippen LogP contribution in [0.5, 0.6) is 6.01 Å². The molecule has 0 spiro atoms. The summed E-state index contributed by atoms with van der Waals surface area (Å²) in [6.07, 6.45) is 1.40. The first-order valence-electron chi connectivity index (χ1n) is 18.0. The number of anilines is 3. The number of halogens is 4. The molecule has 3 amide bonds. The van der Waals surface area contributed by atoms with E-state index < -0.39 is 41.6 Å². The van der Waals surface area contributed by atoms with E-state index in [1.54, 1.807) is 36.4 Å². The maximum atomic E-state index is 13.0. The van der Waals surface area contributed by atoms with Crippen molar-refractivity contribution in [3.63, 3.8) is 0 Å². The number of ether oxygens (including phenoxy) is 1. The Morgan fingerprint density at radius 2 is 1.46 bits per heavy atom. The Morgan fingerprint density at radius 1 is 0.833 bits per heavy atom. The maximum absolute atomic E-state index is 13.0. The van der Waals surface area contributed by atoms with Crippen molar-refractivity contribution in [1.29, 1.82) is 0 Å². The van der Waals surface area contributed by atoms with Gasteiger partial charge < -0.3 is 36.2 Å². The SMILES string of the molecule is CC(C)(CNC(=O)C(=O)NCC1(CN2CCCC2)CC1)CNC(=O)c1ccc(Nc2nc(NC3(c4ccc(Cl)cc4)CC3)nc(OCC(F)(F)F)n2)cc1. The van der Waals surface area contributed by atoms with Crippen molar-refractivity contribution in [1.82, 2.24) is 35.8 Å². The lowest BCUT2D eigenvalue weighted by molar-refractivity contribution is -0.154. The van der Waals surface area contributed by atoms with Crippen LogP contribution < -0.4 is 31.3 Å². The van der Waals surface area contributed by atoms with Crippen LogP contribution in [-0.2, 0) is 15.1 Å².